The molecule has 2 aromatic rings. The Kier molecular flexibility index (Phi) is 6.80. The fraction of sp³-hybridized carbons (Fsp3) is 0.318. The summed E-state index contributed by atoms with van der Waals surface area (Å²) in [4.78, 5) is 24.3. The van der Waals surface area contributed by atoms with Gasteiger partial charge in [-0.2, -0.15) is 18.4 Å². The van der Waals surface area contributed by atoms with Crippen LogP contribution in [0.25, 0.3) is 0 Å². The number of amides is 2. The molecule has 0 spiro atoms. The van der Waals surface area contributed by atoms with E-state index >= 15 is 0 Å². The number of hydrogen-bond donors (Lipinski definition) is 2. The van der Waals surface area contributed by atoms with Gasteiger partial charge in [0.25, 0.3) is 0 Å². The quantitative estimate of drug-likeness (QED) is 0.754. The number of nitrogens with one attached hydrogen (secondary N) is 2. The van der Waals surface area contributed by atoms with Gasteiger partial charge >= 0.3 is 12.1 Å². The minimum Gasteiger partial charge on any atom is -0.376 e. The maximum atomic E-state index is 12.5. The molecule has 2 amide bonds. The van der Waals surface area contributed by atoms with E-state index in [1.165, 1.54) is 0 Å². The minimum absolute atomic E-state index is 0.0301. The summed E-state index contributed by atoms with van der Waals surface area (Å²) in [6.07, 6.45) is -3.92. The van der Waals surface area contributed by atoms with Gasteiger partial charge in [-0.1, -0.05) is 18.2 Å². The molecule has 2 N–H and O–H groups in total. The van der Waals surface area contributed by atoms with Gasteiger partial charge in [0.1, 0.15) is 0 Å². The van der Waals surface area contributed by atoms with Crippen LogP contribution in [-0.4, -0.2) is 42.5 Å². The Hall–Kier alpha value is -3.54. The number of likely N-dealkylation sites (tertiary alicyclic amines) is 1. The first kappa shape index (κ1) is 22.2. The number of anilines is 2. The monoisotopic (exact) mass is 430 g/mol. The molecule has 0 aliphatic carbocycles. The predicted molar refractivity (Wildman–Crippen MR) is 109 cm³/mol. The molecule has 0 unspecified atom stereocenters. The van der Waals surface area contributed by atoms with E-state index in [2.05, 4.69) is 10.6 Å². The average Bonchev–Trinajstić information content (AvgIpc) is 2.77. The summed E-state index contributed by atoms with van der Waals surface area (Å²) in [6, 6.07) is 16.0. The van der Waals surface area contributed by atoms with Crippen molar-refractivity contribution in [2.45, 2.75) is 24.9 Å². The van der Waals surface area contributed by atoms with Crippen LogP contribution in [0.1, 0.15) is 29.9 Å². The standard InChI is InChI=1S/C22H21F3N4O2/c23-22(24,25)21(31)29-10-8-17(9-11-29)16-4-6-18(7-5-16)28-20(30)14-27-19-3-1-2-15(12-19)13-26/h1-7,12,17,27H,8-11,14H2,(H,28,30). The molecule has 0 atom stereocenters. The Morgan fingerprint density at radius 1 is 1.06 bits per heavy atom. The van der Waals surface area contributed by atoms with E-state index in [1.807, 2.05) is 18.2 Å². The number of hydrogen-bond acceptors (Lipinski definition) is 4. The number of nitrogens with zero attached hydrogens (tertiary/aromatic N) is 2. The maximum absolute atomic E-state index is 12.5. The van der Waals surface area contributed by atoms with Gasteiger partial charge < -0.3 is 15.5 Å². The lowest BCUT2D eigenvalue weighted by atomic mass is 9.89. The normalized spacial score (nSPS) is 14.6. The maximum Gasteiger partial charge on any atom is 0.471 e. The zero-order valence-electron chi connectivity index (χ0n) is 16.6. The molecule has 1 fully saturated rings. The molecule has 2 aromatic carbocycles. The molecular weight excluding hydrogens is 409 g/mol. The number of halogens is 3. The minimum atomic E-state index is -4.83. The third kappa shape index (κ3) is 5.98. The molecule has 0 saturated carbocycles. The molecule has 162 valence electrons. The highest BCUT2D eigenvalue weighted by atomic mass is 19.4. The third-order valence-electron chi connectivity index (χ3n) is 5.14. The molecule has 1 aliphatic heterocycles. The van der Waals surface area contributed by atoms with Crippen molar-refractivity contribution >= 4 is 23.2 Å². The van der Waals surface area contributed by atoms with Crippen molar-refractivity contribution in [3.63, 3.8) is 0 Å². The molecule has 1 aliphatic rings. The van der Waals surface area contributed by atoms with Crippen LogP contribution in [0.4, 0.5) is 24.5 Å². The van der Waals surface area contributed by atoms with Crippen LogP contribution in [0.2, 0.25) is 0 Å². The Morgan fingerprint density at radius 2 is 1.74 bits per heavy atom. The fourth-order valence-electron chi connectivity index (χ4n) is 3.52. The topological polar surface area (TPSA) is 85.2 Å². The molecule has 1 saturated heterocycles. The Bertz CT molecular complexity index is 975. The molecule has 6 nitrogen and oxygen atoms in total. The molecule has 3 rings (SSSR count). The van der Waals surface area contributed by atoms with Crippen molar-refractivity contribution in [2.75, 3.05) is 30.3 Å². The Morgan fingerprint density at radius 3 is 2.35 bits per heavy atom. The van der Waals surface area contributed by atoms with Gasteiger partial charge in [-0.3, -0.25) is 9.59 Å². The number of piperidine rings is 1. The van der Waals surface area contributed by atoms with Crippen LogP contribution >= 0.6 is 0 Å². The van der Waals surface area contributed by atoms with E-state index in [0.717, 1.165) is 10.5 Å². The lowest BCUT2D eigenvalue weighted by molar-refractivity contribution is -0.186. The van der Waals surface area contributed by atoms with Crippen LogP contribution in [0, 0.1) is 11.3 Å². The largest absolute Gasteiger partial charge is 0.471 e. The van der Waals surface area contributed by atoms with Gasteiger partial charge in [0.15, 0.2) is 0 Å². The summed E-state index contributed by atoms with van der Waals surface area (Å²) in [5.74, 6) is -1.97. The van der Waals surface area contributed by atoms with Crippen molar-refractivity contribution in [3.8, 4) is 6.07 Å². The number of carbonyl (C=O) groups excluding carboxylic acids is 2. The van der Waals surface area contributed by atoms with Gasteiger partial charge in [0.05, 0.1) is 18.2 Å². The zero-order chi connectivity index (χ0) is 22.4. The molecule has 0 radical (unpaired) electrons. The van der Waals surface area contributed by atoms with Gasteiger partial charge in [0, 0.05) is 24.5 Å². The molecule has 9 heteroatoms. The second kappa shape index (κ2) is 9.51. The number of rotatable bonds is 5. The Balaban J connectivity index is 1.48. The van der Waals surface area contributed by atoms with Gasteiger partial charge in [-0.05, 0) is 54.7 Å². The smallest absolute Gasteiger partial charge is 0.376 e. The number of benzene rings is 2. The fourth-order valence-corrected chi connectivity index (χ4v) is 3.52. The summed E-state index contributed by atoms with van der Waals surface area (Å²) in [6.45, 7) is 0.169. The number of nitriles is 1. The van der Waals surface area contributed by atoms with Crippen LogP contribution in [0.5, 0.6) is 0 Å². The second-order valence-electron chi connectivity index (χ2n) is 7.28. The highest BCUT2D eigenvalue weighted by Gasteiger charge is 2.43. The van der Waals surface area contributed by atoms with Crippen LogP contribution in [-0.2, 0) is 9.59 Å². The molecule has 1 heterocycles. The predicted octanol–water partition coefficient (Wildman–Crippen LogP) is 3.88. The van der Waals surface area contributed by atoms with Crippen molar-refractivity contribution < 1.29 is 22.8 Å². The molecule has 0 bridgehead atoms. The van der Waals surface area contributed by atoms with Crippen LogP contribution < -0.4 is 10.6 Å². The third-order valence-corrected chi connectivity index (χ3v) is 5.14. The van der Waals surface area contributed by atoms with Crippen molar-refractivity contribution in [1.82, 2.24) is 4.90 Å². The summed E-state index contributed by atoms with van der Waals surface area (Å²) < 4.78 is 37.6. The van der Waals surface area contributed by atoms with Gasteiger partial charge in [-0.15, -0.1) is 0 Å². The van der Waals surface area contributed by atoms with E-state index < -0.39 is 12.1 Å². The highest BCUT2D eigenvalue weighted by Crippen LogP contribution is 2.30. The molecular formula is C22H21F3N4O2. The van der Waals surface area contributed by atoms with Crippen molar-refractivity contribution in [3.05, 3.63) is 59.7 Å². The van der Waals surface area contributed by atoms with E-state index in [4.69, 9.17) is 5.26 Å². The molecule has 0 aromatic heterocycles. The Labute approximate surface area is 177 Å². The summed E-state index contributed by atoms with van der Waals surface area (Å²) in [5, 5.41) is 14.6. The first-order chi connectivity index (χ1) is 14.8. The van der Waals surface area contributed by atoms with Crippen molar-refractivity contribution in [1.29, 1.82) is 5.26 Å². The summed E-state index contributed by atoms with van der Waals surface area (Å²) in [7, 11) is 0. The summed E-state index contributed by atoms with van der Waals surface area (Å²) in [5.41, 5.74) is 2.73. The lowest BCUT2D eigenvalue weighted by Crippen LogP contribution is -2.45. The SMILES string of the molecule is N#Cc1cccc(NCC(=O)Nc2ccc(C3CCN(C(=O)C(F)(F)F)CC3)cc2)c1. The van der Waals surface area contributed by atoms with Gasteiger partial charge in [0.2, 0.25) is 5.91 Å². The van der Waals surface area contributed by atoms with E-state index in [0.29, 0.717) is 29.8 Å². The lowest BCUT2D eigenvalue weighted by Gasteiger charge is -2.32. The van der Waals surface area contributed by atoms with E-state index in [-0.39, 0.29) is 31.5 Å². The van der Waals surface area contributed by atoms with Crippen molar-refractivity contribution in [2.24, 2.45) is 0 Å². The zero-order valence-corrected chi connectivity index (χ0v) is 16.6. The van der Waals surface area contributed by atoms with E-state index in [9.17, 15) is 22.8 Å². The first-order valence-corrected chi connectivity index (χ1v) is 9.76. The van der Waals surface area contributed by atoms with E-state index in [1.54, 1.807) is 36.4 Å². The van der Waals surface area contributed by atoms with Crippen LogP contribution in [0.3, 0.4) is 0 Å². The highest BCUT2D eigenvalue weighted by molar-refractivity contribution is 5.93. The first-order valence-electron chi connectivity index (χ1n) is 9.76. The average molecular weight is 430 g/mol. The summed E-state index contributed by atoms with van der Waals surface area (Å²) >= 11 is 0. The number of alkyl halides is 3. The van der Waals surface area contributed by atoms with Crippen LogP contribution in [0.15, 0.2) is 48.5 Å². The second-order valence-corrected chi connectivity index (χ2v) is 7.28. The molecule has 31 heavy (non-hydrogen) atoms. The number of carbonyl (C=O) groups is 2. The van der Waals surface area contributed by atoms with Gasteiger partial charge in [-0.25, -0.2) is 0 Å².